The molecular formula is C18H26F3N3O2. The molecule has 8 heteroatoms. The molecule has 2 rings (SSSR count). The number of benzene rings is 1. The smallest absolute Gasteiger partial charge is 0.377 e. The Hall–Kier alpha value is -1.80. The molecule has 1 heterocycles. The van der Waals surface area contributed by atoms with Crippen molar-refractivity contribution in [3.63, 3.8) is 0 Å². The van der Waals surface area contributed by atoms with Crippen LogP contribution < -0.4 is 5.32 Å². The fourth-order valence-corrected chi connectivity index (χ4v) is 2.65. The minimum atomic E-state index is -4.37. The summed E-state index contributed by atoms with van der Waals surface area (Å²) in [5.41, 5.74) is -0.514. The predicted octanol–water partition coefficient (Wildman–Crippen LogP) is 3.08. The van der Waals surface area contributed by atoms with Crippen molar-refractivity contribution in [1.82, 2.24) is 10.2 Å². The minimum absolute atomic E-state index is 0.358. The lowest BCUT2D eigenvalue weighted by Crippen LogP contribution is -2.51. The van der Waals surface area contributed by atoms with Crippen LogP contribution in [0.5, 0.6) is 0 Å². The molecule has 1 N–H and O–H groups in total. The molecule has 1 aliphatic rings. The number of nitrogens with one attached hydrogen (secondary N) is 1. The number of rotatable bonds is 4. The lowest BCUT2D eigenvalue weighted by atomic mass is 10.0. The molecule has 1 aliphatic heterocycles. The Balaban J connectivity index is 2.09. The van der Waals surface area contributed by atoms with Gasteiger partial charge < -0.3 is 19.7 Å². The zero-order valence-corrected chi connectivity index (χ0v) is 15.6. The average Bonchev–Trinajstić information content (AvgIpc) is 2.62. The molecule has 5 nitrogen and oxygen atoms in total. The van der Waals surface area contributed by atoms with Gasteiger partial charge in [-0.1, -0.05) is 12.1 Å². The van der Waals surface area contributed by atoms with Gasteiger partial charge in [-0.2, -0.15) is 13.2 Å². The largest absolute Gasteiger partial charge is 0.416 e. The molecule has 0 aromatic heterocycles. The van der Waals surface area contributed by atoms with Crippen LogP contribution in [0.25, 0.3) is 0 Å². The predicted molar refractivity (Wildman–Crippen MR) is 94.2 cm³/mol. The van der Waals surface area contributed by atoms with Crippen molar-refractivity contribution in [2.24, 2.45) is 4.99 Å². The normalized spacial score (nSPS) is 19.6. The highest BCUT2D eigenvalue weighted by Gasteiger charge is 2.32. The summed E-state index contributed by atoms with van der Waals surface area (Å²) in [5.74, 6) is 0.676. The fourth-order valence-electron chi connectivity index (χ4n) is 2.65. The van der Waals surface area contributed by atoms with Gasteiger partial charge in [-0.15, -0.1) is 0 Å². The molecule has 146 valence electrons. The number of methoxy groups -OCH3 is 1. The maximum absolute atomic E-state index is 12.9. The maximum Gasteiger partial charge on any atom is 0.416 e. The molecule has 0 bridgehead atoms. The summed E-state index contributed by atoms with van der Waals surface area (Å²) in [5, 5.41) is 3.25. The van der Waals surface area contributed by atoms with Crippen LogP contribution in [0.2, 0.25) is 0 Å². The van der Waals surface area contributed by atoms with Gasteiger partial charge in [0.1, 0.15) is 6.10 Å². The second kappa shape index (κ2) is 8.26. The second-order valence-electron chi connectivity index (χ2n) is 6.79. The van der Waals surface area contributed by atoms with Gasteiger partial charge in [0.05, 0.1) is 24.3 Å². The van der Waals surface area contributed by atoms with Gasteiger partial charge >= 0.3 is 6.18 Å². The van der Waals surface area contributed by atoms with E-state index in [0.29, 0.717) is 37.8 Å². The number of hydrogen-bond acceptors (Lipinski definition) is 3. The van der Waals surface area contributed by atoms with Crippen LogP contribution in [-0.2, 0) is 15.7 Å². The van der Waals surface area contributed by atoms with Crippen molar-refractivity contribution >= 4 is 5.96 Å². The third kappa shape index (κ3) is 5.35. The summed E-state index contributed by atoms with van der Waals surface area (Å²) in [6, 6.07) is 5.29. The minimum Gasteiger partial charge on any atom is -0.377 e. The Morgan fingerprint density at radius 1 is 1.38 bits per heavy atom. The Kier molecular flexibility index (Phi) is 6.52. The Morgan fingerprint density at radius 2 is 2.12 bits per heavy atom. The number of guanidine groups is 1. The van der Waals surface area contributed by atoms with E-state index in [4.69, 9.17) is 9.47 Å². The van der Waals surface area contributed by atoms with Crippen LogP contribution in [0.3, 0.4) is 0 Å². The fraction of sp³-hybridized carbons (Fsp3) is 0.611. The summed E-state index contributed by atoms with van der Waals surface area (Å²) in [4.78, 5) is 6.26. The molecule has 1 saturated heterocycles. The van der Waals surface area contributed by atoms with Gasteiger partial charge in [-0.25, -0.2) is 0 Å². The Bertz CT molecular complexity index is 632. The van der Waals surface area contributed by atoms with E-state index in [1.165, 1.54) is 6.07 Å². The number of hydrogen-bond donors (Lipinski definition) is 1. The van der Waals surface area contributed by atoms with E-state index in [1.807, 2.05) is 18.7 Å². The zero-order valence-electron chi connectivity index (χ0n) is 15.6. The molecule has 1 fully saturated rings. The van der Waals surface area contributed by atoms with Crippen LogP contribution in [0.1, 0.15) is 31.1 Å². The van der Waals surface area contributed by atoms with Crippen molar-refractivity contribution < 1.29 is 22.6 Å². The molecule has 26 heavy (non-hydrogen) atoms. The molecule has 0 spiro atoms. The van der Waals surface area contributed by atoms with E-state index >= 15 is 0 Å². The third-order valence-electron chi connectivity index (χ3n) is 4.39. The van der Waals surface area contributed by atoms with Crippen LogP contribution in [-0.4, -0.2) is 56.9 Å². The number of aliphatic imine (C=N–C) groups is 1. The zero-order chi connectivity index (χ0) is 19.4. The van der Waals surface area contributed by atoms with E-state index < -0.39 is 17.8 Å². The number of ether oxygens (including phenoxy) is 2. The first kappa shape index (κ1) is 20.5. The quantitative estimate of drug-likeness (QED) is 0.651. The third-order valence-corrected chi connectivity index (χ3v) is 4.39. The molecule has 1 atom stereocenters. The maximum atomic E-state index is 12.9. The summed E-state index contributed by atoms with van der Waals surface area (Å²) < 4.78 is 49.9. The highest BCUT2D eigenvalue weighted by Crippen LogP contribution is 2.32. The first-order valence-corrected chi connectivity index (χ1v) is 8.46. The van der Waals surface area contributed by atoms with Gasteiger partial charge in [-0.05, 0) is 31.5 Å². The molecule has 1 unspecified atom stereocenters. The average molecular weight is 373 g/mol. The number of halogens is 3. The first-order valence-electron chi connectivity index (χ1n) is 8.46. The van der Waals surface area contributed by atoms with Crippen LogP contribution in [0.15, 0.2) is 29.3 Å². The Morgan fingerprint density at radius 3 is 2.73 bits per heavy atom. The molecular weight excluding hydrogens is 347 g/mol. The SMILES string of the molecule is CN=C(NCC(C)(C)OC)N1CCOC(c2cccc(C(F)(F)F)c2)C1. The van der Waals surface area contributed by atoms with Crippen LogP contribution in [0, 0.1) is 0 Å². The summed E-state index contributed by atoms with van der Waals surface area (Å²) in [7, 11) is 3.32. The van der Waals surface area contributed by atoms with Gasteiger partial charge in [0.2, 0.25) is 0 Å². The molecule has 0 radical (unpaired) electrons. The summed E-state index contributed by atoms with van der Waals surface area (Å²) in [6.45, 7) is 5.92. The van der Waals surface area contributed by atoms with E-state index in [2.05, 4.69) is 10.3 Å². The van der Waals surface area contributed by atoms with Gasteiger partial charge in [0, 0.05) is 27.2 Å². The van der Waals surface area contributed by atoms with Crippen LogP contribution in [0.4, 0.5) is 13.2 Å². The highest BCUT2D eigenvalue weighted by atomic mass is 19.4. The van der Waals surface area contributed by atoms with Gasteiger partial charge in [-0.3, -0.25) is 4.99 Å². The van der Waals surface area contributed by atoms with E-state index in [1.54, 1.807) is 20.2 Å². The molecule has 1 aromatic carbocycles. The lowest BCUT2D eigenvalue weighted by molar-refractivity contribution is -0.137. The monoisotopic (exact) mass is 373 g/mol. The molecule has 0 saturated carbocycles. The van der Waals surface area contributed by atoms with Crippen molar-refractivity contribution in [1.29, 1.82) is 0 Å². The standard InChI is InChI=1S/C18H26F3N3O2/c1-17(2,25-4)12-23-16(22-3)24-8-9-26-15(11-24)13-6-5-7-14(10-13)18(19,20)21/h5-7,10,15H,8-9,11-12H2,1-4H3,(H,22,23). The Labute approximate surface area is 152 Å². The van der Waals surface area contributed by atoms with E-state index in [-0.39, 0.29) is 5.60 Å². The van der Waals surface area contributed by atoms with Crippen molar-refractivity contribution in [3.8, 4) is 0 Å². The summed E-state index contributed by atoms with van der Waals surface area (Å²) >= 11 is 0. The lowest BCUT2D eigenvalue weighted by Gasteiger charge is -2.36. The van der Waals surface area contributed by atoms with Crippen molar-refractivity contribution in [3.05, 3.63) is 35.4 Å². The first-order chi connectivity index (χ1) is 12.2. The van der Waals surface area contributed by atoms with Gasteiger partial charge in [0.15, 0.2) is 5.96 Å². The topological polar surface area (TPSA) is 46.1 Å². The molecule has 1 aromatic rings. The van der Waals surface area contributed by atoms with E-state index in [9.17, 15) is 13.2 Å². The van der Waals surface area contributed by atoms with Gasteiger partial charge in [0.25, 0.3) is 0 Å². The van der Waals surface area contributed by atoms with Crippen molar-refractivity contribution in [2.45, 2.75) is 31.7 Å². The van der Waals surface area contributed by atoms with E-state index in [0.717, 1.165) is 12.1 Å². The van der Waals surface area contributed by atoms with Crippen molar-refractivity contribution in [2.75, 3.05) is 40.4 Å². The molecule has 0 aliphatic carbocycles. The second-order valence-corrected chi connectivity index (χ2v) is 6.79. The number of nitrogens with zero attached hydrogens (tertiary/aromatic N) is 2. The summed E-state index contributed by atoms with van der Waals surface area (Å²) in [6.07, 6.45) is -4.81. The van der Waals surface area contributed by atoms with Crippen LogP contribution >= 0.6 is 0 Å². The number of alkyl halides is 3. The molecule has 0 amide bonds. The number of morpholine rings is 1. The highest BCUT2D eigenvalue weighted by molar-refractivity contribution is 5.80.